The smallest absolute Gasteiger partial charge is 0.262 e. The first kappa shape index (κ1) is 17.3. The van der Waals surface area contributed by atoms with Crippen LogP contribution in [0.2, 0.25) is 0 Å². The van der Waals surface area contributed by atoms with Gasteiger partial charge in [0.1, 0.15) is 0 Å². The Labute approximate surface area is 157 Å². The van der Waals surface area contributed by atoms with E-state index >= 15 is 0 Å². The zero-order valence-electron chi connectivity index (χ0n) is 15.8. The summed E-state index contributed by atoms with van der Waals surface area (Å²) in [4.78, 5) is 12.5. The molecule has 2 aromatic carbocycles. The van der Waals surface area contributed by atoms with Gasteiger partial charge in [-0.3, -0.25) is 13.8 Å². The van der Waals surface area contributed by atoms with Crippen molar-refractivity contribution in [2.45, 2.75) is 32.7 Å². The molecule has 6 nitrogen and oxygen atoms in total. The van der Waals surface area contributed by atoms with E-state index in [4.69, 9.17) is 0 Å². The lowest BCUT2D eigenvalue weighted by molar-refractivity contribution is 0.733. The van der Waals surface area contributed by atoms with Crippen LogP contribution in [0.25, 0.3) is 16.7 Å². The number of aryl methyl sites for hydroxylation is 1. The van der Waals surface area contributed by atoms with E-state index in [1.165, 1.54) is 5.56 Å². The van der Waals surface area contributed by atoms with Gasteiger partial charge in [0.2, 0.25) is 5.78 Å². The van der Waals surface area contributed by atoms with E-state index in [9.17, 15) is 4.79 Å². The average Bonchev–Trinajstić information content (AvgIpc) is 3.14. The summed E-state index contributed by atoms with van der Waals surface area (Å²) in [5.41, 5.74) is 3.17. The highest BCUT2D eigenvalue weighted by atomic mass is 16.1. The highest BCUT2D eigenvalue weighted by Gasteiger charge is 2.15. The Kier molecular flexibility index (Phi) is 4.39. The van der Waals surface area contributed by atoms with Gasteiger partial charge in [0.05, 0.1) is 17.4 Å². The van der Waals surface area contributed by atoms with Crippen molar-refractivity contribution in [1.29, 1.82) is 0 Å². The minimum Gasteiger partial charge on any atom is -0.377 e. The molecule has 0 bridgehead atoms. The first-order valence-corrected chi connectivity index (χ1v) is 9.26. The summed E-state index contributed by atoms with van der Waals surface area (Å²) in [5.74, 6) is 1.80. The van der Waals surface area contributed by atoms with E-state index < -0.39 is 0 Å². The molecule has 0 radical (unpaired) electrons. The van der Waals surface area contributed by atoms with Crippen LogP contribution >= 0.6 is 0 Å². The molecular weight excluding hydrogens is 338 g/mol. The molecule has 0 aliphatic carbocycles. The maximum Gasteiger partial charge on any atom is 0.262 e. The van der Waals surface area contributed by atoms with Crippen LogP contribution in [0.4, 0.5) is 5.69 Å². The first-order chi connectivity index (χ1) is 13.1. The molecule has 0 amide bonds. The lowest BCUT2D eigenvalue weighted by Gasteiger charge is -2.16. The van der Waals surface area contributed by atoms with E-state index in [1.807, 2.05) is 34.7 Å². The monoisotopic (exact) mass is 361 g/mol. The molecule has 0 fully saturated rings. The molecule has 2 heterocycles. The highest BCUT2D eigenvalue weighted by molar-refractivity contribution is 5.80. The number of rotatable bonds is 5. The number of hydrogen-bond donors (Lipinski definition) is 1. The second-order valence-electron chi connectivity index (χ2n) is 6.88. The van der Waals surface area contributed by atoms with E-state index in [1.54, 1.807) is 11.6 Å². The van der Waals surface area contributed by atoms with Gasteiger partial charge in [0.25, 0.3) is 5.56 Å². The standard InChI is InChI=1S/C21H23N5O/c1-4-14(2)15-9-5-7-11-17(15)22-13-19-23-24-21-25(3)20(27)16-10-6-8-12-18(16)26(19)21/h5-12,14,22H,4,13H2,1-3H3. The molecule has 1 N–H and O–H groups in total. The van der Waals surface area contributed by atoms with Crippen molar-refractivity contribution in [3.05, 3.63) is 70.3 Å². The summed E-state index contributed by atoms with van der Waals surface area (Å²) in [5, 5.41) is 12.8. The van der Waals surface area contributed by atoms with Gasteiger partial charge in [-0.25, -0.2) is 0 Å². The van der Waals surface area contributed by atoms with Crippen LogP contribution in [0.15, 0.2) is 53.3 Å². The maximum absolute atomic E-state index is 12.5. The summed E-state index contributed by atoms with van der Waals surface area (Å²) in [7, 11) is 1.73. The van der Waals surface area contributed by atoms with Crippen molar-refractivity contribution in [2.75, 3.05) is 5.32 Å². The van der Waals surface area contributed by atoms with Crippen LogP contribution in [0.3, 0.4) is 0 Å². The van der Waals surface area contributed by atoms with Crippen LogP contribution in [0.1, 0.15) is 37.6 Å². The summed E-state index contributed by atoms with van der Waals surface area (Å²) in [6.45, 7) is 4.95. The molecule has 0 saturated carbocycles. The molecule has 6 heteroatoms. The number of para-hydroxylation sites is 2. The second-order valence-corrected chi connectivity index (χ2v) is 6.88. The predicted octanol–water partition coefficient (Wildman–Crippen LogP) is 3.71. The number of nitrogens with one attached hydrogen (secondary N) is 1. The van der Waals surface area contributed by atoms with E-state index in [2.05, 4.69) is 47.6 Å². The number of nitrogens with zero attached hydrogens (tertiary/aromatic N) is 4. The molecule has 0 saturated heterocycles. The van der Waals surface area contributed by atoms with Crippen molar-refractivity contribution >= 4 is 22.4 Å². The van der Waals surface area contributed by atoms with Gasteiger partial charge in [-0.15, -0.1) is 10.2 Å². The van der Waals surface area contributed by atoms with Gasteiger partial charge in [0.15, 0.2) is 5.82 Å². The zero-order chi connectivity index (χ0) is 19.0. The number of hydrogen-bond acceptors (Lipinski definition) is 4. The van der Waals surface area contributed by atoms with Crippen molar-refractivity contribution in [2.24, 2.45) is 7.05 Å². The summed E-state index contributed by atoms with van der Waals surface area (Å²) >= 11 is 0. The third kappa shape index (κ3) is 2.87. The normalized spacial score (nSPS) is 12.6. The van der Waals surface area contributed by atoms with Crippen molar-refractivity contribution in [3.63, 3.8) is 0 Å². The summed E-state index contributed by atoms with van der Waals surface area (Å²) in [6, 6.07) is 15.9. The van der Waals surface area contributed by atoms with Crippen LogP contribution in [0, 0.1) is 0 Å². The Balaban J connectivity index is 1.78. The van der Waals surface area contributed by atoms with Gasteiger partial charge in [0, 0.05) is 12.7 Å². The molecule has 1 atom stereocenters. The molecule has 2 aromatic heterocycles. The Morgan fingerprint density at radius 1 is 1.07 bits per heavy atom. The first-order valence-electron chi connectivity index (χ1n) is 9.26. The molecule has 0 aliphatic rings. The van der Waals surface area contributed by atoms with Crippen molar-refractivity contribution in [1.82, 2.24) is 19.2 Å². The minimum absolute atomic E-state index is 0.0628. The second kappa shape index (κ2) is 6.87. The van der Waals surface area contributed by atoms with Crippen LogP contribution in [0.5, 0.6) is 0 Å². The molecule has 27 heavy (non-hydrogen) atoms. The zero-order valence-corrected chi connectivity index (χ0v) is 15.8. The van der Waals surface area contributed by atoms with Crippen molar-refractivity contribution in [3.8, 4) is 0 Å². The van der Waals surface area contributed by atoms with Crippen LogP contribution in [-0.4, -0.2) is 19.2 Å². The SMILES string of the molecule is CCC(C)c1ccccc1NCc1nnc2n(C)c(=O)c3ccccc3n12. The molecule has 0 spiro atoms. The Morgan fingerprint density at radius 2 is 1.81 bits per heavy atom. The quantitative estimate of drug-likeness (QED) is 0.589. The fraction of sp³-hybridized carbons (Fsp3) is 0.286. The Morgan fingerprint density at radius 3 is 2.63 bits per heavy atom. The Bertz CT molecular complexity index is 1170. The topological polar surface area (TPSA) is 64.2 Å². The van der Waals surface area contributed by atoms with Crippen LogP contribution in [-0.2, 0) is 13.6 Å². The van der Waals surface area contributed by atoms with Gasteiger partial charge in [-0.05, 0) is 36.1 Å². The van der Waals surface area contributed by atoms with Crippen molar-refractivity contribution < 1.29 is 0 Å². The van der Waals surface area contributed by atoms with E-state index in [0.29, 0.717) is 23.6 Å². The van der Waals surface area contributed by atoms with Gasteiger partial charge in [-0.1, -0.05) is 44.2 Å². The van der Waals surface area contributed by atoms with E-state index in [-0.39, 0.29) is 5.56 Å². The highest BCUT2D eigenvalue weighted by Crippen LogP contribution is 2.27. The van der Waals surface area contributed by atoms with Gasteiger partial charge >= 0.3 is 0 Å². The number of anilines is 1. The molecule has 0 aliphatic heterocycles. The number of aromatic nitrogens is 4. The minimum atomic E-state index is -0.0628. The van der Waals surface area contributed by atoms with E-state index in [0.717, 1.165) is 23.4 Å². The van der Waals surface area contributed by atoms with Gasteiger partial charge in [-0.2, -0.15) is 0 Å². The predicted molar refractivity (Wildman–Crippen MR) is 108 cm³/mol. The molecular formula is C21H23N5O. The number of benzene rings is 2. The third-order valence-electron chi connectivity index (χ3n) is 5.23. The number of fused-ring (bicyclic) bond motifs is 3. The lowest BCUT2D eigenvalue weighted by atomic mass is 9.97. The molecule has 138 valence electrons. The maximum atomic E-state index is 12.5. The molecule has 4 aromatic rings. The largest absolute Gasteiger partial charge is 0.377 e. The van der Waals surface area contributed by atoms with Gasteiger partial charge < -0.3 is 5.32 Å². The summed E-state index contributed by atoms with van der Waals surface area (Å²) in [6.07, 6.45) is 1.08. The fourth-order valence-electron chi connectivity index (χ4n) is 3.49. The Hall–Kier alpha value is -3.15. The lowest BCUT2D eigenvalue weighted by Crippen LogP contribution is -2.20. The van der Waals surface area contributed by atoms with Crippen LogP contribution < -0.4 is 10.9 Å². The summed E-state index contributed by atoms with van der Waals surface area (Å²) < 4.78 is 3.50. The molecule has 1 unspecified atom stereocenters. The third-order valence-corrected chi connectivity index (χ3v) is 5.23. The molecule has 4 rings (SSSR count). The average molecular weight is 361 g/mol. The fourth-order valence-corrected chi connectivity index (χ4v) is 3.49.